The van der Waals surface area contributed by atoms with E-state index >= 15 is 0 Å². The molecule has 25 heavy (non-hydrogen) atoms. The fraction of sp³-hybridized carbons (Fsp3) is 0.200. The van der Waals surface area contributed by atoms with E-state index in [0.717, 1.165) is 28.4 Å². The van der Waals surface area contributed by atoms with Crippen molar-refractivity contribution in [3.8, 4) is 11.4 Å². The van der Waals surface area contributed by atoms with Crippen molar-refractivity contribution in [1.82, 2.24) is 9.78 Å². The quantitative estimate of drug-likeness (QED) is 0.795. The number of nitrogens with one attached hydrogen (secondary N) is 1. The lowest BCUT2D eigenvalue weighted by molar-refractivity contribution is -0.118. The van der Waals surface area contributed by atoms with E-state index in [1.165, 1.54) is 0 Å². The Morgan fingerprint density at radius 3 is 2.80 bits per heavy atom. The topological polar surface area (TPSA) is 56.2 Å². The summed E-state index contributed by atoms with van der Waals surface area (Å²) in [5, 5.41) is 7.52. The van der Waals surface area contributed by atoms with Gasteiger partial charge in [-0.15, -0.1) is 0 Å². The number of para-hydroxylation sites is 3. The summed E-state index contributed by atoms with van der Waals surface area (Å²) < 4.78 is 7.44. The van der Waals surface area contributed by atoms with Gasteiger partial charge in [0.1, 0.15) is 5.75 Å². The van der Waals surface area contributed by atoms with Crippen LogP contribution in [0.1, 0.15) is 23.6 Å². The van der Waals surface area contributed by atoms with E-state index in [4.69, 9.17) is 4.74 Å². The standard InChI is InChI=1S/C20H19N3O2/c1-14-10-12-23(22-14)18-8-4-3-7-17(18)21-20(24)16-11-13-25-19-9-5-2-6-15(16)19/h2-10,12,16H,11,13H2,1H3,(H,21,24)/t16-/m1/s1. The van der Waals surface area contributed by atoms with Crippen LogP contribution in [0.4, 0.5) is 5.69 Å². The number of aromatic nitrogens is 2. The van der Waals surface area contributed by atoms with Gasteiger partial charge >= 0.3 is 0 Å². The Hall–Kier alpha value is -3.08. The number of hydrogen-bond acceptors (Lipinski definition) is 3. The van der Waals surface area contributed by atoms with Crippen LogP contribution in [0.15, 0.2) is 60.8 Å². The zero-order valence-corrected chi connectivity index (χ0v) is 14.0. The third-order valence-electron chi connectivity index (χ3n) is 4.41. The molecule has 1 aromatic heterocycles. The van der Waals surface area contributed by atoms with E-state index < -0.39 is 0 Å². The number of carbonyl (C=O) groups is 1. The molecule has 0 saturated heterocycles. The second kappa shape index (κ2) is 6.43. The lowest BCUT2D eigenvalue weighted by Crippen LogP contribution is -2.26. The number of nitrogens with zero attached hydrogens (tertiary/aromatic N) is 2. The first-order valence-corrected chi connectivity index (χ1v) is 8.36. The number of benzene rings is 2. The van der Waals surface area contributed by atoms with Crippen molar-refractivity contribution < 1.29 is 9.53 Å². The highest BCUT2D eigenvalue weighted by Gasteiger charge is 2.27. The first-order chi connectivity index (χ1) is 12.2. The molecule has 1 N–H and O–H groups in total. The van der Waals surface area contributed by atoms with Crippen molar-refractivity contribution in [2.75, 3.05) is 11.9 Å². The predicted molar refractivity (Wildman–Crippen MR) is 96.2 cm³/mol. The Bertz CT molecular complexity index is 917. The first kappa shape index (κ1) is 15.4. The number of aryl methyl sites for hydroxylation is 1. The van der Waals surface area contributed by atoms with E-state index in [2.05, 4.69) is 10.4 Å². The molecule has 5 nitrogen and oxygen atoms in total. The van der Waals surface area contributed by atoms with Crippen LogP contribution in [0.2, 0.25) is 0 Å². The zero-order chi connectivity index (χ0) is 17.2. The Balaban J connectivity index is 1.63. The van der Waals surface area contributed by atoms with Crippen LogP contribution in [0.25, 0.3) is 5.69 Å². The van der Waals surface area contributed by atoms with Gasteiger partial charge in [-0.3, -0.25) is 4.79 Å². The molecule has 1 aliphatic rings. The van der Waals surface area contributed by atoms with Crippen molar-refractivity contribution in [2.24, 2.45) is 0 Å². The minimum Gasteiger partial charge on any atom is -0.493 e. The number of fused-ring (bicyclic) bond motifs is 1. The van der Waals surface area contributed by atoms with Crippen LogP contribution in [0.3, 0.4) is 0 Å². The Labute approximate surface area is 146 Å². The molecular weight excluding hydrogens is 314 g/mol. The zero-order valence-electron chi connectivity index (χ0n) is 14.0. The first-order valence-electron chi connectivity index (χ1n) is 8.36. The number of anilines is 1. The third-order valence-corrected chi connectivity index (χ3v) is 4.41. The molecule has 1 aliphatic heterocycles. The maximum atomic E-state index is 12.9. The summed E-state index contributed by atoms with van der Waals surface area (Å²) in [4.78, 5) is 12.9. The number of hydrogen-bond donors (Lipinski definition) is 1. The molecule has 0 saturated carbocycles. The summed E-state index contributed by atoms with van der Waals surface area (Å²) in [6.07, 6.45) is 2.57. The molecular formula is C20H19N3O2. The molecule has 0 aliphatic carbocycles. The normalized spacial score (nSPS) is 16.0. The van der Waals surface area contributed by atoms with Gasteiger partial charge in [-0.05, 0) is 37.6 Å². The van der Waals surface area contributed by atoms with Gasteiger partial charge in [0.05, 0.1) is 29.6 Å². The van der Waals surface area contributed by atoms with Crippen molar-refractivity contribution in [3.05, 3.63) is 72.1 Å². The highest BCUT2D eigenvalue weighted by Crippen LogP contribution is 2.34. The van der Waals surface area contributed by atoms with Crippen molar-refractivity contribution in [2.45, 2.75) is 19.3 Å². The summed E-state index contributed by atoms with van der Waals surface area (Å²) in [7, 11) is 0. The van der Waals surface area contributed by atoms with Gasteiger partial charge in [0, 0.05) is 11.8 Å². The molecule has 2 heterocycles. The van der Waals surface area contributed by atoms with Crippen molar-refractivity contribution in [1.29, 1.82) is 0 Å². The van der Waals surface area contributed by atoms with Gasteiger partial charge in [-0.2, -0.15) is 5.10 Å². The average Bonchev–Trinajstić information content (AvgIpc) is 3.08. The van der Waals surface area contributed by atoms with Crippen LogP contribution in [-0.2, 0) is 4.79 Å². The summed E-state index contributed by atoms with van der Waals surface area (Å²) in [5.41, 5.74) is 3.47. The van der Waals surface area contributed by atoms with Crippen molar-refractivity contribution >= 4 is 11.6 Å². The lowest BCUT2D eigenvalue weighted by atomic mass is 9.92. The van der Waals surface area contributed by atoms with Crippen molar-refractivity contribution in [3.63, 3.8) is 0 Å². The van der Waals surface area contributed by atoms with Crippen LogP contribution in [0, 0.1) is 6.92 Å². The highest BCUT2D eigenvalue weighted by atomic mass is 16.5. The minimum atomic E-state index is -0.211. The van der Waals surface area contributed by atoms with E-state index in [1.54, 1.807) is 4.68 Å². The number of carbonyl (C=O) groups excluding carboxylic acids is 1. The molecule has 0 radical (unpaired) electrons. The fourth-order valence-corrected chi connectivity index (χ4v) is 3.16. The van der Waals surface area contributed by atoms with Crippen LogP contribution >= 0.6 is 0 Å². The molecule has 2 aromatic carbocycles. The van der Waals surface area contributed by atoms with E-state index in [9.17, 15) is 4.79 Å². The summed E-state index contributed by atoms with van der Waals surface area (Å²) in [5.74, 6) is 0.564. The van der Waals surface area contributed by atoms with Gasteiger partial charge in [0.15, 0.2) is 0 Å². The summed E-state index contributed by atoms with van der Waals surface area (Å²) in [6, 6.07) is 17.4. The molecule has 1 amide bonds. The van der Waals surface area contributed by atoms with Crippen LogP contribution in [0.5, 0.6) is 5.75 Å². The molecule has 0 spiro atoms. The smallest absolute Gasteiger partial charge is 0.232 e. The average molecular weight is 333 g/mol. The van der Waals surface area contributed by atoms with E-state index in [0.29, 0.717) is 13.0 Å². The van der Waals surface area contributed by atoms with Gasteiger partial charge < -0.3 is 10.1 Å². The van der Waals surface area contributed by atoms with Gasteiger partial charge in [-0.1, -0.05) is 30.3 Å². The molecule has 126 valence electrons. The van der Waals surface area contributed by atoms with Crippen LogP contribution < -0.4 is 10.1 Å². The van der Waals surface area contributed by atoms with E-state index in [1.807, 2.05) is 67.7 Å². The summed E-state index contributed by atoms with van der Waals surface area (Å²) >= 11 is 0. The molecule has 0 unspecified atom stereocenters. The second-order valence-corrected chi connectivity index (χ2v) is 6.14. The van der Waals surface area contributed by atoms with Gasteiger partial charge in [0.2, 0.25) is 5.91 Å². The predicted octanol–water partition coefficient (Wildman–Crippen LogP) is 3.69. The molecule has 0 fully saturated rings. The largest absolute Gasteiger partial charge is 0.493 e. The maximum Gasteiger partial charge on any atom is 0.232 e. The molecule has 4 rings (SSSR count). The monoisotopic (exact) mass is 333 g/mol. The highest BCUT2D eigenvalue weighted by molar-refractivity contribution is 5.98. The van der Waals surface area contributed by atoms with Gasteiger partial charge in [-0.25, -0.2) is 4.68 Å². The Morgan fingerprint density at radius 2 is 1.96 bits per heavy atom. The Morgan fingerprint density at radius 1 is 1.16 bits per heavy atom. The molecule has 3 aromatic rings. The van der Waals surface area contributed by atoms with E-state index in [-0.39, 0.29) is 11.8 Å². The van der Waals surface area contributed by atoms with Crippen LogP contribution in [-0.4, -0.2) is 22.3 Å². The SMILES string of the molecule is Cc1ccn(-c2ccccc2NC(=O)[C@@H]2CCOc3ccccc32)n1. The molecule has 5 heteroatoms. The third kappa shape index (κ3) is 3.01. The number of ether oxygens (including phenoxy) is 1. The Kier molecular flexibility index (Phi) is 3.98. The summed E-state index contributed by atoms with van der Waals surface area (Å²) in [6.45, 7) is 2.49. The number of rotatable bonds is 3. The second-order valence-electron chi connectivity index (χ2n) is 6.14. The number of amides is 1. The molecule has 0 bridgehead atoms. The maximum absolute atomic E-state index is 12.9. The van der Waals surface area contributed by atoms with Gasteiger partial charge in [0.25, 0.3) is 0 Å². The fourth-order valence-electron chi connectivity index (χ4n) is 3.16. The lowest BCUT2D eigenvalue weighted by Gasteiger charge is -2.25. The molecule has 1 atom stereocenters. The minimum absolute atomic E-state index is 0.0212.